The highest BCUT2D eigenvalue weighted by Crippen LogP contribution is 2.16. The number of carbonyl (C=O) groups is 1. The predicted octanol–water partition coefficient (Wildman–Crippen LogP) is 3.80. The summed E-state index contributed by atoms with van der Waals surface area (Å²) in [5.41, 5.74) is 1.68. The Morgan fingerprint density at radius 1 is 1.10 bits per heavy atom. The molecule has 0 saturated heterocycles. The number of hydrogen-bond donors (Lipinski definition) is 1. The van der Waals surface area contributed by atoms with Gasteiger partial charge in [-0.2, -0.15) is 0 Å². The van der Waals surface area contributed by atoms with Gasteiger partial charge in [0.2, 0.25) is 5.91 Å². The molecule has 2 rings (SSSR count). The molecule has 3 nitrogen and oxygen atoms in total. The second-order valence-corrected chi connectivity index (χ2v) is 4.63. The van der Waals surface area contributed by atoms with Crippen LogP contribution in [0.25, 0.3) is 0 Å². The van der Waals surface area contributed by atoms with Gasteiger partial charge < -0.3 is 10.1 Å². The summed E-state index contributed by atoms with van der Waals surface area (Å²) in [5, 5.41) is 2.82. The lowest BCUT2D eigenvalue weighted by molar-refractivity contribution is -0.116. The van der Waals surface area contributed by atoms with E-state index in [0.29, 0.717) is 19.4 Å². The van der Waals surface area contributed by atoms with Crippen molar-refractivity contribution in [2.45, 2.75) is 19.8 Å². The number of rotatable bonds is 6. The number of halogens is 1. The molecule has 0 aliphatic rings. The highest BCUT2D eigenvalue weighted by Gasteiger charge is 2.04. The molecule has 0 spiro atoms. The van der Waals surface area contributed by atoms with E-state index in [1.807, 2.05) is 19.1 Å². The van der Waals surface area contributed by atoms with E-state index in [9.17, 15) is 9.18 Å². The van der Waals surface area contributed by atoms with Gasteiger partial charge in [-0.15, -0.1) is 0 Å². The summed E-state index contributed by atoms with van der Waals surface area (Å²) in [5.74, 6) is 0.447. The average Bonchev–Trinajstić information content (AvgIpc) is 2.49. The van der Waals surface area contributed by atoms with Crippen LogP contribution in [0.4, 0.5) is 10.1 Å². The van der Waals surface area contributed by atoms with Crippen LogP contribution in [-0.4, -0.2) is 12.5 Å². The van der Waals surface area contributed by atoms with E-state index in [1.54, 1.807) is 24.3 Å². The lowest BCUT2D eigenvalue weighted by Gasteiger charge is -2.07. The van der Waals surface area contributed by atoms with Crippen molar-refractivity contribution < 1.29 is 13.9 Å². The number of hydrogen-bond acceptors (Lipinski definition) is 2. The lowest BCUT2D eigenvalue weighted by atomic mass is 10.1. The maximum Gasteiger partial charge on any atom is 0.224 e. The predicted molar refractivity (Wildman–Crippen MR) is 81.0 cm³/mol. The van der Waals surface area contributed by atoms with Crippen LogP contribution in [0, 0.1) is 5.82 Å². The summed E-state index contributed by atoms with van der Waals surface area (Å²) in [7, 11) is 0. The molecule has 21 heavy (non-hydrogen) atoms. The molecule has 1 amide bonds. The fourth-order valence-electron chi connectivity index (χ4n) is 1.93. The average molecular weight is 287 g/mol. The molecule has 0 bridgehead atoms. The highest BCUT2D eigenvalue weighted by molar-refractivity contribution is 5.90. The van der Waals surface area contributed by atoms with Gasteiger partial charge in [0.25, 0.3) is 0 Å². The Morgan fingerprint density at radius 2 is 1.76 bits per heavy atom. The molecule has 0 aliphatic carbocycles. The van der Waals surface area contributed by atoms with Gasteiger partial charge in [0.1, 0.15) is 11.6 Å². The number of benzene rings is 2. The van der Waals surface area contributed by atoms with Crippen LogP contribution < -0.4 is 10.1 Å². The first-order chi connectivity index (χ1) is 10.2. The number of carbonyl (C=O) groups excluding carboxylic acids is 1. The Labute approximate surface area is 123 Å². The van der Waals surface area contributed by atoms with Crippen molar-refractivity contribution in [3.8, 4) is 5.75 Å². The molecule has 0 atom stereocenters. The summed E-state index contributed by atoms with van der Waals surface area (Å²) < 4.78 is 18.1. The summed E-state index contributed by atoms with van der Waals surface area (Å²) >= 11 is 0. The van der Waals surface area contributed by atoms with Crippen LogP contribution in [0.5, 0.6) is 5.75 Å². The first kappa shape index (κ1) is 15.0. The van der Waals surface area contributed by atoms with Crippen molar-refractivity contribution in [1.82, 2.24) is 0 Å². The minimum absolute atomic E-state index is 0.0662. The quantitative estimate of drug-likeness (QED) is 0.877. The van der Waals surface area contributed by atoms with Gasteiger partial charge in [-0.25, -0.2) is 4.39 Å². The smallest absolute Gasteiger partial charge is 0.224 e. The molecule has 0 heterocycles. The third-order valence-electron chi connectivity index (χ3n) is 3.00. The van der Waals surface area contributed by atoms with Gasteiger partial charge in [0, 0.05) is 12.1 Å². The van der Waals surface area contributed by atoms with E-state index in [4.69, 9.17) is 4.74 Å². The fraction of sp³-hybridized carbons (Fsp3) is 0.235. The van der Waals surface area contributed by atoms with Crippen molar-refractivity contribution in [2.24, 2.45) is 0 Å². The summed E-state index contributed by atoms with van der Waals surface area (Å²) in [6, 6.07) is 13.4. The number of nitrogens with one attached hydrogen (secondary N) is 1. The molecule has 0 aliphatic heterocycles. The highest BCUT2D eigenvalue weighted by atomic mass is 19.1. The Bertz CT molecular complexity index is 579. The minimum Gasteiger partial charge on any atom is -0.494 e. The van der Waals surface area contributed by atoms with Crippen LogP contribution in [0.2, 0.25) is 0 Å². The van der Waals surface area contributed by atoms with Crippen molar-refractivity contribution in [1.29, 1.82) is 0 Å². The van der Waals surface area contributed by atoms with Crippen LogP contribution in [-0.2, 0) is 11.2 Å². The van der Waals surface area contributed by atoms with Gasteiger partial charge >= 0.3 is 0 Å². The molecular weight excluding hydrogens is 269 g/mol. The minimum atomic E-state index is -0.266. The largest absolute Gasteiger partial charge is 0.494 e. The molecular formula is C17H18FNO2. The van der Waals surface area contributed by atoms with Crippen molar-refractivity contribution in [2.75, 3.05) is 11.9 Å². The topological polar surface area (TPSA) is 38.3 Å². The molecule has 0 aromatic heterocycles. The second-order valence-electron chi connectivity index (χ2n) is 4.63. The van der Waals surface area contributed by atoms with E-state index in [2.05, 4.69) is 5.32 Å². The normalized spacial score (nSPS) is 10.2. The first-order valence-corrected chi connectivity index (χ1v) is 6.94. The fourth-order valence-corrected chi connectivity index (χ4v) is 1.93. The molecule has 2 aromatic rings. The van der Waals surface area contributed by atoms with Crippen LogP contribution in [0.3, 0.4) is 0 Å². The van der Waals surface area contributed by atoms with E-state index in [-0.39, 0.29) is 11.7 Å². The lowest BCUT2D eigenvalue weighted by Crippen LogP contribution is -2.12. The molecule has 4 heteroatoms. The van der Waals surface area contributed by atoms with Gasteiger partial charge in [0.05, 0.1) is 6.61 Å². The number of aryl methyl sites for hydroxylation is 1. The monoisotopic (exact) mass is 287 g/mol. The zero-order valence-electron chi connectivity index (χ0n) is 11.9. The number of amides is 1. The molecule has 0 unspecified atom stereocenters. The van der Waals surface area contributed by atoms with Crippen molar-refractivity contribution in [3.05, 3.63) is 59.9 Å². The van der Waals surface area contributed by atoms with Gasteiger partial charge in [-0.3, -0.25) is 4.79 Å². The summed E-state index contributed by atoms with van der Waals surface area (Å²) in [6.45, 7) is 2.54. The standard InChI is InChI=1S/C17H18FNO2/c1-2-21-16-10-8-15(9-11-16)19-17(20)12-5-13-3-6-14(18)7-4-13/h3-4,6-11H,2,5,12H2,1H3,(H,19,20). The Hall–Kier alpha value is -2.36. The molecule has 0 radical (unpaired) electrons. The Balaban J connectivity index is 1.82. The molecule has 110 valence electrons. The number of ether oxygens (including phenoxy) is 1. The molecule has 0 fully saturated rings. The van der Waals surface area contributed by atoms with Crippen molar-refractivity contribution >= 4 is 11.6 Å². The molecule has 2 aromatic carbocycles. The maximum absolute atomic E-state index is 12.8. The first-order valence-electron chi connectivity index (χ1n) is 6.94. The second kappa shape index (κ2) is 7.43. The Morgan fingerprint density at radius 3 is 2.38 bits per heavy atom. The Kier molecular flexibility index (Phi) is 5.32. The van der Waals surface area contributed by atoms with Gasteiger partial charge in [-0.05, 0) is 55.3 Å². The van der Waals surface area contributed by atoms with E-state index >= 15 is 0 Å². The zero-order chi connectivity index (χ0) is 15.1. The van der Waals surface area contributed by atoms with Crippen molar-refractivity contribution in [3.63, 3.8) is 0 Å². The SMILES string of the molecule is CCOc1ccc(NC(=O)CCc2ccc(F)cc2)cc1. The zero-order valence-corrected chi connectivity index (χ0v) is 11.9. The van der Waals surface area contributed by atoms with Crippen LogP contribution >= 0.6 is 0 Å². The van der Waals surface area contributed by atoms with E-state index in [1.165, 1.54) is 12.1 Å². The summed E-state index contributed by atoms with van der Waals surface area (Å²) in [6.07, 6.45) is 0.946. The van der Waals surface area contributed by atoms with Gasteiger partial charge in [-0.1, -0.05) is 12.1 Å². The van der Waals surface area contributed by atoms with E-state index in [0.717, 1.165) is 17.0 Å². The summed E-state index contributed by atoms with van der Waals surface area (Å²) in [4.78, 5) is 11.8. The molecule has 0 saturated carbocycles. The number of anilines is 1. The van der Waals surface area contributed by atoms with E-state index < -0.39 is 0 Å². The van der Waals surface area contributed by atoms with Gasteiger partial charge in [0.15, 0.2) is 0 Å². The maximum atomic E-state index is 12.8. The third kappa shape index (κ3) is 4.91. The third-order valence-corrected chi connectivity index (χ3v) is 3.00. The van der Waals surface area contributed by atoms with Crippen LogP contribution in [0.1, 0.15) is 18.9 Å². The van der Waals surface area contributed by atoms with Crippen LogP contribution in [0.15, 0.2) is 48.5 Å². The molecule has 1 N–H and O–H groups in total.